The Morgan fingerprint density at radius 2 is 2.38 bits per heavy atom. The SMILES string of the molecule is COc1cc(C#N)ccc1N1CC(N)C1=O. The molecule has 1 amide bonds. The maximum Gasteiger partial charge on any atom is 0.245 e. The van der Waals surface area contributed by atoms with Crippen molar-refractivity contribution in [2.75, 3.05) is 18.6 Å². The second-order valence-electron chi connectivity index (χ2n) is 3.55. The fraction of sp³-hybridized carbons (Fsp3) is 0.273. The van der Waals surface area contributed by atoms with Gasteiger partial charge in [0.1, 0.15) is 11.8 Å². The van der Waals surface area contributed by atoms with E-state index in [9.17, 15) is 4.79 Å². The molecule has 1 aromatic rings. The van der Waals surface area contributed by atoms with Crippen molar-refractivity contribution < 1.29 is 9.53 Å². The summed E-state index contributed by atoms with van der Waals surface area (Å²) in [7, 11) is 1.50. The van der Waals surface area contributed by atoms with Crippen molar-refractivity contribution in [1.82, 2.24) is 0 Å². The molecule has 2 N–H and O–H groups in total. The molecule has 0 aliphatic carbocycles. The number of nitrogens with zero attached hydrogens (tertiary/aromatic N) is 2. The Morgan fingerprint density at radius 1 is 1.62 bits per heavy atom. The second-order valence-corrected chi connectivity index (χ2v) is 3.55. The van der Waals surface area contributed by atoms with E-state index in [0.29, 0.717) is 23.5 Å². The highest BCUT2D eigenvalue weighted by Gasteiger charge is 2.36. The van der Waals surface area contributed by atoms with Crippen molar-refractivity contribution in [2.45, 2.75) is 6.04 Å². The van der Waals surface area contributed by atoms with Crippen molar-refractivity contribution in [3.05, 3.63) is 23.8 Å². The maximum atomic E-state index is 11.5. The number of nitriles is 1. The molecule has 1 unspecified atom stereocenters. The van der Waals surface area contributed by atoms with Crippen molar-refractivity contribution >= 4 is 11.6 Å². The molecule has 0 radical (unpaired) electrons. The van der Waals surface area contributed by atoms with Gasteiger partial charge >= 0.3 is 0 Å². The molecule has 1 aliphatic rings. The highest BCUT2D eigenvalue weighted by molar-refractivity contribution is 6.04. The first-order valence-electron chi connectivity index (χ1n) is 4.82. The number of β-lactam (4-membered cyclic amide) rings is 1. The molecule has 1 fully saturated rings. The number of anilines is 1. The van der Waals surface area contributed by atoms with Gasteiger partial charge in [-0.2, -0.15) is 5.26 Å². The summed E-state index contributed by atoms with van der Waals surface area (Å²) in [6, 6.07) is 6.55. The third kappa shape index (κ3) is 1.49. The van der Waals surface area contributed by atoms with Gasteiger partial charge in [-0.25, -0.2) is 0 Å². The molecule has 1 aliphatic heterocycles. The number of carbonyl (C=O) groups is 1. The summed E-state index contributed by atoms with van der Waals surface area (Å²) in [5.74, 6) is 0.391. The van der Waals surface area contributed by atoms with Gasteiger partial charge in [0.05, 0.1) is 31.0 Å². The fourth-order valence-electron chi connectivity index (χ4n) is 1.64. The first-order chi connectivity index (χ1) is 7.67. The number of methoxy groups -OCH3 is 1. The molecule has 82 valence electrons. The minimum Gasteiger partial charge on any atom is -0.495 e. The predicted molar refractivity (Wildman–Crippen MR) is 58.0 cm³/mol. The molecule has 16 heavy (non-hydrogen) atoms. The van der Waals surface area contributed by atoms with Crippen LogP contribution in [0.25, 0.3) is 0 Å². The van der Waals surface area contributed by atoms with Crippen LogP contribution in [0.15, 0.2) is 18.2 Å². The van der Waals surface area contributed by atoms with Gasteiger partial charge in [0.15, 0.2) is 0 Å². The van der Waals surface area contributed by atoms with Crippen LogP contribution in [0.2, 0.25) is 0 Å². The Balaban J connectivity index is 2.35. The van der Waals surface area contributed by atoms with E-state index in [1.807, 2.05) is 6.07 Å². The fourth-order valence-corrected chi connectivity index (χ4v) is 1.64. The molecular formula is C11H11N3O2. The zero-order chi connectivity index (χ0) is 11.7. The Hall–Kier alpha value is -2.06. The third-order valence-electron chi connectivity index (χ3n) is 2.56. The van der Waals surface area contributed by atoms with Crippen LogP contribution < -0.4 is 15.4 Å². The van der Waals surface area contributed by atoms with E-state index in [4.69, 9.17) is 15.7 Å². The summed E-state index contributed by atoms with van der Waals surface area (Å²) in [6.45, 7) is 0.487. The summed E-state index contributed by atoms with van der Waals surface area (Å²) in [4.78, 5) is 13.0. The summed E-state index contributed by atoms with van der Waals surface area (Å²) < 4.78 is 5.14. The largest absolute Gasteiger partial charge is 0.495 e. The molecule has 5 heteroatoms. The molecule has 1 atom stereocenters. The number of ether oxygens (including phenoxy) is 1. The molecule has 2 rings (SSSR count). The monoisotopic (exact) mass is 217 g/mol. The molecule has 0 saturated carbocycles. The summed E-state index contributed by atoms with van der Waals surface area (Å²) in [5.41, 5.74) is 6.67. The van der Waals surface area contributed by atoms with Crippen LogP contribution in [0.1, 0.15) is 5.56 Å². The van der Waals surface area contributed by atoms with Crippen LogP contribution in [0.3, 0.4) is 0 Å². The predicted octanol–water partition coefficient (Wildman–Crippen LogP) is 0.241. The van der Waals surface area contributed by atoms with E-state index in [1.165, 1.54) is 7.11 Å². The van der Waals surface area contributed by atoms with Crippen LogP contribution in [0, 0.1) is 11.3 Å². The lowest BCUT2D eigenvalue weighted by atomic mass is 10.1. The van der Waals surface area contributed by atoms with Crippen LogP contribution in [0.5, 0.6) is 5.75 Å². The standard InChI is InChI=1S/C11H11N3O2/c1-16-10-4-7(5-12)2-3-9(10)14-6-8(13)11(14)15/h2-4,8H,6,13H2,1H3. The lowest BCUT2D eigenvalue weighted by molar-refractivity contribution is -0.123. The summed E-state index contributed by atoms with van der Waals surface area (Å²) >= 11 is 0. The molecule has 5 nitrogen and oxygen atoms in total. The van der Waals surface area contributed by atoms with E-state index < -0.39 is 6.04 Å². The minimum absolute atomic E-state index is 0.122. The lowest BCUT2D eigenvalue weighted by Gasteiger charge is -2.36. The number of hydrogen-bond donors (Lipinski definition) is 1. The molecule has 1 heterocycles. The topological polar surface area (TPSA) is 79.3 Å². The van der Waals surface area contributed by atoms with Gasteiger partial charge in [-0.3, -0.25) is 4.79 Å². The molecule has 1 aromatic carbocycles. The molecule has 0 bridgehead atoms. The Bertz CT molecular complexity index is 479. The molecule has 0 spiro atoms. The van der Waals surface area contributed by atoms with E-state index in [0.717, 1.165) is 0 Å². The van der Waals surface area contributed by atoms with E-state index in [1.54, 1.807) is 23.1 Å². The minimum atomic E-state index is -0.416. The Kier molecular flexibility index (Phi) is 2.50. The first kappa shape index (κ1) is 10.5. The van der Waals surface area contributed by atoms with Crippen LogP contribution in [0.4, 0.5) is 5.69 Å². The molecule has 1 saturated heterocycles. The van der Waals surface area contributed by atoms with E-state index >= 15 is 0 Å². The smallest absolute Gasteiger partial charge is 0.245 e. The van der Waals surface area contributed by atoms with E-state index in [-0.39, 0.29) is 5.91 Å². The number of nitrogens with two attached hydrogens (primary N) is 1. The number of benzene rings is 1. The van der Waals surface area contributed by atoms with Gasteiger partial charge in [0.2, 0.25) is 5.91 Å². The van der Waals surface area contributed by atoms with Crippen LogP contribution in [-0.4, -0.2) is 25.6 Å². The van der Waals surface area contributed by atoms with Gasteiger partial charge in [-0.1, -0.05) is 0 Å². The van der Waals surface area contributed by atoms with Crippen molar-refractivity contribution in [3.63, 3.8) is 0 Å². The summed E-state index contributed by atoms with van der Waals surface area (Å²) in [5, 5.41) is 8.75. The van der Waals surface area contributed by atoms with Crippen LogP contribution >= 0.6 is 0 Å². The molecular weight excluding hydrogens is 206 g/mol. The average molecular weight is 217 g/mol. The zero-order valence-electron chi connectivity index (χ0n) is 8.80. The highest BCUT2D eigenvalue weighted by atomic mass is 16.5. The average Bonchev–Trinajstić information content (AvgIpc) is 2.34. The quantitative estimate of drug-likeness (QED) is 0.720. The van der Waals surface area contributed by atoms with Gasteiger partial charge in [-0.05, 0) is 12.1 Å². The van der Waals surface area contributed by atoms with Gasteiger partial charge in [0, 0.05) is 6.07 Å². The molecule has 0 aromatic heterocycles. The second kappa shape index (κ2) is 3.83. The van der Waals surface area contributed by atoms with Crippen molar-refractivity contribution in [3.8, 4) is 11.8 Å². The maximum absolute atomic E-state index is 11.5. The number of amides is 1. The third-order valence-corrected chi connectivity index (χ3v) is 2.56. The first-order valence-corrected chi connectivity index (χ1v) is 4.82. The number of rotatable bonds is 2. The lowest BCUT2D eigenvalue weighted by Crippen LogP contribution is -2.61. The number of hydrogen-bond acceptors (Lipinski definition) is 4. The zero-order valence-corrected chi connectivity index (χ0v) is 8.80. The number of carbonyl (C=O) groups excluding carboxylic acids is 1. The Labute approximate surface area is 93.0 Å². The van der Waals surface area contributed by atoms with E-state index in [2.05, 4.69) is 0 Å². The van der Waals surface area contributed by atoms with Crippen LogP contribution in [-0.2, 0) is 4.79 Å². The van der Waals surface area contributed by atoms with Gasteiger partial charge in [0.25, 0.3) is 0 Å². The van der Waals surface area contributed by atoms with Crippen molar-refractivity contribution in [2.24, 2.45) is 5.73 Å². The highest BCUT2D eigenvalue weighted by Crippen LogP contribution is 2.32. The summed E-state index contributed by atoms with van der Waals surface area (Å²) in [6.07, 6.45) is 0. The van der Waals surface area contributed by atoms with Crippen molar-refractivity contribution in [1.29, 1.82) is 5.26 Å². The normalized spacial score (nSPS) is 18.9. The Morgan fingerprint density at radius 3 is 2.88 bits per heavy atom. The van der Waals surface area contributed by atoms with Gasteiger partial charge in [-0.15, -0.1) is 0 Å². The van der Waals surface area contributed by atoms with Gasteiger partial charge < -0.3 is 15.4 Å².